The van der Waals surface area contributed by atoms with E-state index in [9.17, 15) is 18.0 Å². The molecule has 1 rings (SSSR count). The fourth-order valence-corrected chi connectivity index (χ4v) is 1.04. The molecule has 82 valence electrons. The number of carbonyl (C=O) groups excluding carboxylic acids is 1. The number of benzene rings is 1. The molecule has 1 aromatic carbocycles. The van der Waals surface area contributed by atoms with Crippen molar-refractivity contribution >= 4 is 5.91 Å². The number of hydrogen-bond acceptors (Lipinski definition) is 1. The predicted molar refractivity (Wildman–Crippen MR) is 49.0 cm³/mol. The van der Waals surface area contributed by atoms with Gasteiger partial charge in [-0.3, -0.25) is 4.79 Å². The molecule has 0 atom stereocenters. The maximum absolute atomic E-state index is 12.8. The first kappa shape index (κ1) is 11.6. The zero-order valence-corrected chi connectivity index (χ0v) is 8.35. The van der Waals surface area contributed by atoms with Gasteiger partial charge in [-0.05, 0) is 19.1 Å². The first-order valence-electron chi connectivity index (χ1n) is 4.37. The third-order valence-electron chi connectivity index (χ3n) is 2.05. The molecule has 0 aliphatic heterocycles. The van der Waals surface area contributed by atoms with E-state index in [1.807, 2.05) is 0 Å². The minimum atomic E-state index is -1.56. The van der Waals surface area contributed by atoms with Gasteiger partial charge < -0.3 is 4.90 Å². The van der Waals surface area contributed by atoms with Crippen molar-refractivity contribution in [3.05, 3.63) is 35.1 Å². The lowest BCUT2D eigenvalue weighted by molar-refractivity contribution is 0.0801. The molecule has 0 aliphatic rings. The van der Waals surface area contributed by atoms with E-state index in [1.54, 1.807) is 6.92 Å². The van der Waals surface area contributed by atoms with Crippen LogP contribution in [-0.4, -0.2) is 24.4 Å². The summed E-state index contributed by atoms with van der Waals surface area (Å²) in [6.45, 7) is 2.12. The lowest BCUT2D eigenvalue weighted by Crippen LogP contribution is -2.26. The highest BCUT2D eigenvalue weighted by atomic mass is 19.2. The average Bonchev–Trinajstić information content (AvgIpc) is 2.23. The normalized spacial score (nSPS) is 10.2. The molecular weight excluding hydrogens is 207 g/mol. The first-order valence-corrected chi connectivity index (χ1v) is 4.37. The fraction of sp³-hybridized carbons (Fsp3) is 0.300. The van der Waals surface area contributed by atoms with Gasteiger partial charge in [0.05, 0.1) is 0 Å². The standard InChI is InChI=1S/C10H10F3NO/c1-3-14(2)10(15)6-4-7(11)9(13)8(12)5-6/h4-5H,3H2,1-2H3. The molecule has 1 amide bonds. The van der Waals surface area contributed by atoms with Crippen LogP contribution >= 0.6 is 0 Å². The van der Waals surface area contributed by atoms with Crippen molar-refractivity contribution in [2.75, 3.05) is 13.6 Å². The van der Waals surface area contributed by atoms with Gasteiger partial charge in [-0.1, -0.05) is 0 Å². The summed E-state index contributed by atoms with van der Waals surface area (Å²) in [6.07, 6.45) is 0. The van der Waals surface area contributed by atoms with Crippen LogP contribution in [0.1, 0.15) is 17.3 Å². The van der Waals surface area contributed by atoms with E-state index < -0.39 is 23.4 Å². The molecule has 5 heteroatoms. The summed E-state index contributed by atoms with van der Waals surface area (Å²) in [4.78, 5) is 12.7. The Morgan fingerprint density at radius 1 is 1.27 bits per heavy atom. The molecule has 1 aromatic rings. The summed E-state index contributed by atoms with van der Waals surface area (Å²) in [5.41, 5.74) is -0.198. The summed E-state index contributed by atoms with van der Waals surface area (Å²) in [5.74, 6) is -4.83. The lowest BCUT2D eigenvalue weighted by atomic mass is 10.2. The largest absolute Gasteiger partial charge is 0.342 e. The highest BCUT2D eigenvalue weighted by Crippen LogP contribution is 2.14. The van der Waals surface area contributed by atoms with Crippen LogP contribution in [0.2, 0.25) is 0 Å². The Morgan fingerprint density at radius 2 is 1.73 bits per heavy atom. The van der Waals surface area contributed by atoms with Crippen molar-refractivity contribution in [2.45, 2.75) is 6.92 Å². The quantitative estimate of drug-likeness (QED) is 0.695. The maximum Gasteiger partial charge on any atom is 0.253 e. The van der Waals surface area contributed by atoms with Crippen LogP contribution in [0.4, 0.5) is 13.2 Å². The monoisotopic (exact) mass is 217 g/mol. The van der Waals surface area contributed by atoms with Gasteiger partial charge in [-0.2, -0.15) is 0 Å². The van der Waals surface area contributed by atoms with Crippen LogP contribution < -0.4 is 0 Å². The van der Waals surface area contributed by atoms with Crippen molar-refractivity contribution in [3.63, 3.8) is 0 Å². The van der Waals surface area contributed by atoms with E-state index in [0.717, 1.165) is 0 Å². The molecule has 0 fully saturated rings. The Hall–Kier alpha value is -1.52. The van der Waals surface area contributed by atoms with Gasteiger partial charge >= 0.3 is 0 Å². The van der Waals surface area contributed by atoms with Gasteiger partial charge in [0.15, 0.2) is 17.5 Å². The number of halogens is 3. The minimum absolute atomic E-state index is 0.198. The Morgan fingerprint density at radius 3 is 2.13 bits per heavy atom. The van der Waals surface area contributed by atoms with E-state index in [0.29, 0.717) is 18.7 Å². The molecule has 0 saturated carbocycles. The van der Waals surface area contributed by atoms with Crippen molar-refractivity contribution in [2.24, 2.45) is 0 Å². The molecule has 0 unspecified atom stereocenters. The highest BCUT2D eigenvalue weighted by Gasteiger charge is 2.16. The topological polar surface area (TPSA) is 20.3 Å². The van der Waals surface area contributed by atoms with Crippen LogP contribution in [0.15, 0.2) is 12.1 Å². The van der Waals surface area contributed by atoms with Crippen molar-refractivity contribution in [1.29, 1.82) is 0 Å². The number of hydrogen-bond donors (Lipinski definition) is 0. The number of carbonyl (C=O) groups is 1. The fourth-order valence-electron chi connectivity index (χ4n) is 1.04. The van der Waals surface area contributed by atoms with E-state index in [4.69, 9.17) is 0 Å². The summed E-state index contributed by atoms with van der Waals surface area (Å²) >= 11 is 0. The Balaban J connectivity index is 3.12. The Kier molecular flexibility index (Phi) is 3.34. The molecule has 0 aliphatic carbocycles. The van der Waals surface area contributed by atoms with E-state index in [-0.39, 0.29) is 5.56 Å². The average molecular weight is 217 g/mol. The third kappa shape index (κ3) is 2.29. The van der Waals surface area contributed by atoms with Crippen molar-refractivity contribution in [1.82, 2.24) is 4.90 Å². The molecule has 0 N–H and O–H groups in total. The van der Waals surface area contributed by atoms with Crippen molar-refractivity contribution < 1.29 is 18.0 Å². The van der Waals surface area contributed by atoms with Gasteiger partial charge in [-0.15, -0.1) is 0 Å². The smallest absolute Gasteiger partial charge is 0.253 e. The Labute approximate surface area is 85.3 Å². The molecule has 0 heterocycles. The molecule has 2 nitrogen and oxygen atoms in total. The van der Waals surface area contributed by atoms with E-state index in [1.165, 1.54) is 11.9 Å². The second kappa shape index (κ2) is 4.33. The second-order valence-corrected chi connectivity index (χ2v) is 3.07. The van der Waals surface area contributed by atoms with E-state index in [2.05, 4.69) is 0 Å². The molecule has 0 radical (unpaired) electrons. The SMILES string of the molecule is CCN(C)C(=O)c1cc(F)c(F)c(F)c1. The predicted octanol–water partition coefficient (Wildman–Crippen LogP) is 2.20. The molecule has 0 saturated heterocycles. The summed E-state index contributed by atoms with van der Waals surface area (Å²) in [6, 6.07) is 1.37. The number of rotatable bonds is 2. The zero-order chi connectivity index (χ0) is 11.6. The highest BCUT2D eigenvalue weighted by molar-refractivity contribution is 5.94. The van der Waals surface area contributed by atoms with Gasteiger partial charge in [0.1, 0.15) is 0 Å². The molecular formula is C10H10F3NO. The van der Waals surface area contributed by atoms with Gasteiger partial charge in [0.25, 0.3) is 5.91 Å². The van der Waals surface area contributed by atoms with E-state index >= 15 is 0 Å². The second-order valence-electron chi connectivity index (χ2n) is 3.07. The van der Waals surface area contributed by atoms with Crippen LogP contribution in [-0.2, 0) is 0 Å². The third-order valence-corrected chi connectivity index (χ3v) is 2.05. The van der Waals surface area contributed by atoms with Gasteiger partial charge in [-0.25, -0.2) is 13.2 Å². The maximum atomic E-state index is 12.8. The minimum Gasteiger partial charge on any atom is -0.342 e. The zero-order valence-electron chi connectivity index (χ0n) is 8.35. The first-order chi connectivity index (χ1) is 6.97. The summed E-state index contributed by atoms with van der Waals surface area (Å²) < 4.78 is 38.1. The van der Waals surface area contributed by atoms with Gasteiger partial charge in [0.2, 0.25) is 0 Å². The summed E-state index contributed by atoms with van der Waals surface area (Å²) in [7, 11) is 1.49. The molecule has 0 bridgehead atoms. The summed E-state index contributed by atoms with van der Waals surface area (Å²) in [5, 5.41) is 0. The number of amides is 1. The molecule has 15 heavy (non-hydrogen) atoms. The van der Waals surface area contributed by atoms with Crippen LogP contribution in [0.3, 0.4) is 0 Å². The Bertz CT molecular complexity index is 369. The van der Waals surface area contributed by atoms with Gasteiger partial charge in [0, 0.05) is 19.2 Å². The molecule has 0 spiro atoms. The lowest BCUT2D eigenvalue weighted by Gasteiger charge is -2.14. The number of nitrogens with zero attached hydrogens (tertiary/aromatic N) is 1. The van der Waals surface area contributed by atoms with Crippen molar-refractivity contribution in [3.8, 4) is 0 Å². The van der Waals surface area contributed by atoms with Crippen LogP contribution in [0, 0.1) is 17.5 Å². The molecule has 0 aromatic heterocycles. The van der Waals surface area contributed by atoms with Crippen LogP contribution in [0.5, 0.6) is 0 Å². The van der Waals surface area contributed by atoms with Crippen LogP contribution in [0.25, 0.3) is 0 Å².